The molecule has 0 spiro atoms. The predicted molar refractivity (Wildman–Crippen MR) is 130 cm³/mol. The lowest BCUT2D eigenvalue weighted by Crippen LogP contribution is -2.50. The van der Waals surface area contributed by atoms with Crippen LogP contribution in [0, 0.1) is 5.92 Å². The highest BCUT2D eigenvalue weighted by Crippen LogP contribution is 2.31. The van der Waals surface area contributed by atoms with E-state index in [2.05, 4.69) is 17.1 Å². The molecule has 0 saturated carbocycles. The minimum atomic E-state index is -0.211. The van der Waals surface area contributed by atoms with Gasteiger partial charge in [-0.05, 0) is 55.8 Å². The molecule has 1 fully saturated rings. The molecule has 0 aliphatic carbocycles. The molecule has 172 valence electrons. The van der Waals surface area contributed by atoms with Crippen molar-refractivity contribution < 1.29 is 14.3 Å². The van der Waals surface area contributed by atoms with Gasteiger partial charge in [0.25, 0.3) is 5.91 Å². The number of nitrogens with one attached hydrogen (secondary N) is 1. The third kappa shape index (κ3) is 5.94. The molecule has 1 atom stereocenters. The zero-order valence-electron chi connectivity index (χ0n) is 19.2. The molecule has 3 rings (SSSR count). The lowest BCUT2D eigenvalue weighted by atomic mass is 10.1. The lowest BCUT2D eigenvalue weighted by molar-refractivity contribution is -0.134. The number of halogens is 1. The molecule has 1 aliphatic rings. The summed E-state index contributed by atoms with van der Waals surface area (Å²) in [4.78, 5) is 29.3. The molecule has 2 aromatic rings. The quantitative estimate of drug-likeness (QED) is 0.630. The highest BCUT2D eigenvalue weighted by Gasteiger charge is 2.24. The number of hydrogen-bond donors (Lipinski definition) is 1. The lowest BCUT2D eigenvalue weighted by Gasteiger charge is -2.37. The highest BCUT2D eigenvalue weighted by atomic mass is 35.5. The van der Waals surface area contributed by atoms with E-state index in [1.807, 2.05) is 49.9 Å². The molecule has 0 aromatic heterocycles. The minimum absolute atomic E-state index is 0.00564. The number of carbonyl (C=O) groups is 2. The van der Waals surface area contributed by atoms with Crippen LogP contribution in [-0.2, 0) is 4.79 Å². The molecular weight excluding hydrogens is 426 g/mol. The average Bonchev–Trinajstić information content (AvgIpc) is 2.79. The Labute approximate surface area is 195 Å². The molecule has 2 amide bonds. The summed E-state index contributed by atoms with van der Waals surface area (Å²) in [6.45, 7) is 10.6. The molecule has 7 heteroatoms. The van der Waals surface area contributed by atoms with Crippen molar-refractivity contribution in [2.45, 2.75) is 40.2 Å². The number of carbonyl (C=O) groups excluding carboxylic acids is 2. The third-order valence-electron chi connectivity index (χ3n) is 5.66. The smallest absolute Gasteiger partial charge is 0.255 e. The Morgan fingerprint density at radius 1 is 1.03 bits per heavy atom. The van der Waals surface area contributed by atoms with Crippen LogP contribution in [0.3, 0.4) is 0 Å². The van der Waals surface area contributed by atoms with E-state index in [0.29, 0.717) is 42.5 Å². The average molecular weight is 458 g/mol. The van der Waals surface area contributed by atoms with Gasteiger partial charge < -0.3 is 19.9 Å². The van der Waals surface area contributed by atoms with E-state index >= 15 is 0 Å². The van der Waals surface area contributed by atoms with Crippen LogP contribution in [-0.4, -0.2) is 49.0 Å². The second-order valence-corrected chi connectivity index (χ2v) is 8.88. The summed E-state index contributed by atoms with van der Waals surface area (Å²) in [6.07, 6.45) is 1.04. The van der Waals surface area contributed by atoms with Gasteiger partial charge in [0, 0.05) is 42.7 Å². The molecule has 0 radical (unpaired) electrons. The maximum absolute atomic E-state index is 12.9. The van der Waals surface area contributed by atoms with Gasteiger partial charge in [-0.2, -0.15) is 0 Å². The van der Waals surface area contributed by atoms with Crippen molar-refractivity contribution in [1.29, 1.82) is 0 Å². The summed E-state index contributed by atoms with van der Waals surface area (Å²) in [6, 6.07) is 12.6. The summed E-state index contributed by atoms with van der Waals surface area (Å²) in [7, 11) is 0. The Morgan fingerprint density at radius 3 is 2.28 bits per heavy atom. The standard InChI is InChI=1S/C25H32ClN3O3/c1-5-18(4)32-21-9-6-19(7-10-21)24(30)27-22-16-20(26)8-11-23(22)28-12-14-29(15-13-28)25(31)17(2)3/h6-11,16-18H,5,12-15H2,1-4H3,(H,27,30). The van der Waals surface area contributed by atoms with Crippen LogP contribution in [0.25, 0.3) is 0 Å². The number of rotatable bonds is 7. The number of piperazine rings is 1. The van der Waals surface area contributed by atoms with Gasteiger partial charge in [0.15, 0.2) is 0 Å². The second kappa shape index (κ2) is 10.7. The maximum atomic E-state index is 12.9. The minimum Gasteiger partial charge on any atom is -0.491 e. The summed E-state index contributed by atoms with van der Waals surface area (Å²) in [5.74, 6) is 0.703. The van der Waals surface area contributed by atoms with Crippen LogP contribution in [0.4, 0.5) is 11.4 Å². The topological polar surface area (TPSA) is 61.9 Å². The van der Waals surface area contributed by atoms with Crippen LogP contribution >= 0.6 is 11.6 Å². The normalized spacial score (nSPS) is 14.9. The van der Waals surface area contributed by atoms with Gasteiger partial charge >= 0.3 is 0 Å². The van der Waals surface area contributed by atoms with E-state index in [1.54, 1.807) is 18.2 Å². The first-order valence-corrected chi connectivity index (χ1v) is 11.6. The first-order valence-electron chi connectivity index (χ1n) is 11.2. The molecule has 1 unspecified atom stereocenters. The van der Waals surface area contributed by atoms with E-state index in [-0.39, 0.29) is 23.8 Å². The fourth-order valence-electron chi connectivity index (χ4n) is 3.61. The van der Waals surface area contributed by atoms with Crippen molar-refractivity contribution in [2.24, 2.45) is 5.92 Å². The number of amides is 2. The van der Waals surface area contributed by atoms with Crippen molar-refractivity contribution in [3.8, 4) is 5.75 Å². The van der Waals surface area contributed by atoms with Crippen molar-refractivity contribution in [3.05, 3.63) is 53.1 Å². The molecule has 1 aliphatic heterocycles. The van der Waals surface area contributed by atoms with Crippen LogP contribution in [0.5, 0.6) is 5.75 Å². The summed E-state index contributed by atoms with van der Waals surface area (Å²) in [5.41, 5.74) is 2.10. The zero-order chi connectivity index (χ0) is 23.3. The number of hydrogen-bond acceptors (Lipinski definition) is 4. The SMILES string of the molecule is CCC(C)Oc1ccc(C(=O)Nc2cc(Cl)ccc2N2CCN(C(=O)C(C)C)CC2)cc1. The van der Waals surface area contributed by atoms with E-state index in [9.17, 15) is 9.59 Å². The summed E-state index contributed by atoms with van der Waals surface area (Å²) >= 11 is 6.23. The van der Waals surface area contributed by atoms with Crippen molar-refractivity contribution >= 4 is 34.8 Å². The molecule has 2 aromatic carbocycles. The number of anilines is 2. The Bertz CT molecular complexity index is 938. The highest BCUT2D eigenvalue weighted by molar-refractivity contribution is 6.31. The largest absolute Gasteiger partial charge is 0.491 e. The van der Waals surface area contributed by atoms with E-state index in [4.69, 9.17) is 16.3 Å². The first kappa shape index (κ1) is 23.9. The van der Waals surface area contributed by atoms with Gasteiger partial charge in [-0.15, -0.1) is 0 Å². The van der Waals surface area contributed by atoms with Crippen molar-refractivity contribution in [3.63, 3.8) is 0 Å². The predicted octanol–water partition coefficient (Wildman–Crippen LogP) is 5.07. The Hall–Kier alpha value is -2.73. The number of benzene rings is 2. The molecule has 1 saturated heterocycles. The summed E-state index contributed by atoms with van der Waals surface area (Å²) < 4.78 is 5.79. The van der Waals surface area contributed by atoms with E-state index in [1.165, 1.54) is 0 Å². The van der Waals surface area contributed by atoms with Gasteiger partial charge in [-0.25, -0.2) is 0 Å². The second-order valence-electron chi connectivity index (χ2n) is 8.44. The molecule has 0 bridgehead atoms. The zero-order valence-corrected chi connectivity index (χ0v) is 20.0. The van der Waals surface area contributed by atoms with Crippen molar-refractivity contribution in [1.82, 2.24) is 4.90 Å². The van der Waals surface area contributed by atoms with Gasteiger partial charge in [0.2, 0.25) is 5.91 Å². The Balaban J connectivity index is 1.70. The monoisotopic (exact) mass is 457 g/mol. The summed E-state index contributed by atoms with van der Waals surface area (Å²) in [5, 5.41) is 3.55. The Morgan fingerprint density at radius 2 is 1.69 bits per heavy atom. The first-order chi connectivity index (χ1) is 15.3. The molecule has 1 N–H and O–H groups in total. The number of nitrogens with zero attached hydrogens (tertiary/aromatic N) is 2. The molecule has 6 nitrogen and oxygen atoms in total. The molecule has 32 heavy (non-hydrogen) atoms. The van der Waals surface area contributed by atoms with Gasteiger partial charge in [0.05, 0.1) is 17.5 Å². The van der Waals surface area contributed by atoms with Gasteiger partial charge in [-0.3, -0.25) is 9.59 Å². The van der Waals surface area contributed by atoms with Crippen LogP contribution in [0.15, 0.2) is 42.5 Å². The fraction of sp³-hybridized carbons (Fsp3) is 0.440. The van der Waals surface area contributed by atoms with Crippen LogP contribution in [0.2, 0.25) is 5.02 Å². The van der Waals surface area contributed by atoms with Crippen LogP contribution in [0.1, 0.15) is 44.5 Å². The van der Waals surface area contributed by atoms with Crippen molar-refractivity contribution in [2.75, 3.05) is 36.4 Å². The third-order valence-corrected chi connectivity index (χ3v) is 5.90. The van der Waals surface area contributed by atoms with Gasteiger partial charge in [0.1, 0.15) is 5.75 Å². The van der Waals surface area contributed by atoms with E-state index < -0.39 is 0 Å². The van der Waals surface area contributed by atoms with Gasteiger partial charge in [-0.1, -0.05) is 32.4 Å². The maximum Gasteiger partial charge on any atom is 0.255 e. The number of ether oxygens (including phenoxy) is 1. The molecular formula is C25H32ClN3O3. The van der Waals surface area contributed by atoms with E-state index in [0.717, 1.165) is 17.9 Å². The van der Waals surface area contributed by atoms with Crippen LogP contribution < -0.4 is 15.0 Å². The fourth-order valence-corrected chi connectivity index (χ4v) is 3.78. The Kier molecular flexibility index (Phi) is 8.02. The molecule has 1 heterocycles.